The van der Waals surface area contributed by atoms with Gasteiger partial charge in [0.1, 0.15) is 0 Å². The van der Waals surface area contributed by atoms with Crippen LogP contribution in [0.25, 0.3) is 88.2 Å². The molecule has 0 atom stereocenters. The molecular formula is C42H26N4. The van der Waals surface area contributed by atoms with E-state index in [-0.39, 0.29) is 0 Å². The maximum absolute atomic E-state index is 5.27. The number of fused-ring (bicyclic) bond motifs is 8. The van der Waals surface area contributed by atoms with E-state index in [0.29, 0.717) is 5.95 Å². The van der Waals surface area contributed by atoms with Crippen LogP contribution >= 0.6 is 0 Å². The van der Waals surface area contributed by atoms with Crippen molar-refractivity contribution in [1.82, 2.24) is 19.1 Å². The third-order valence-corrected chi connectivity index (χ3v) is 9.27. The first-order chi connectivity index (χ1) is 22.8. The zero-order chi connectivity index (χ0) is 30.2. The fourth-order valence-corrected chi connectivity index (χ4v) is 7.23. The van der Waals surface area contributed by atoms with E-state index in [0.717, 1.165) is 38.9 Å². The summed E-state index contributed by atoms with van der Waals surface area (Å²) in [6.45, 7) is 0. The van der Waals surface area contributed by atoms with E-state index >= 15 is 0 Å². The molecule has 0 saturated carbocycles. The number of rotatable bonds is 3. The van der Waals surface area contributed by atoms with Gasteiger partial charge in [0.25, 0.3) is 0 Å². The molecule has 0 amide bonds. The molecule has 4 nitrogen and oxygen atoms in total. The van der Waals surface area contributed by atoms with Crippen molar-refractivity contribution in [3.05, 3.63) is 158 Å². The highest BCUT2D eigenvalue weighted by Gasteiger charge is 2.19. The summed E-state index contributed by atoms with van der Waals surface area (Å²) in [5.41, 5.74) is 8.66. The van der Waals surface area contributed by atoms with Crippen LogP contribution in [0.2, 0.25) is 0 Å². The molecule has 0 spiro atoms. The van der Waals surface area contributed by atoms with Crippen molar-refractivity contribution in [2.75, 3.05) is 0 Å². The minimum atomic E-state index is 0.669. The van der Waals surface area contributed by atoms with Crippen LogP contribution in [0.1, 0.15) is 0 Å². The van der Waals surface area contributed by atoms with Gasteiger partial charge in [-0.2, -0.15) is 0 Å². The molecule has 46 heavy (non-hydrogen) atoms. The molecular weight excluding hydrogens is 560 g/mol. The smallest absolute Gasteiger partial charge is 0.235 e. The zero-order valence-electron chi connectivity index (χ0n) is 24.8. The minimum absolute atomic E-state index is 0.669. The highest BCUT2D eigenvalue weighted by molar-refractivity contribution is 6.18. The van der Waals surface area contributed by atoms with Gasteiger partial charge in [0.15, 0.2) is 0 Å². The van der Waals surface area contributed by atoms with E-state index in [2.05, 4.69) is 155 Å². The fourth-order valence-electron chi connectivity index (χ4n) is 7.23. The van der Waals surface area contributed by atoms with Crippen molar-refractivity contribution < 1.29 is 0 Å². The van der Waals surface area contributed by atoms with Crippen LogP contribution in [0.5, 0.6) is 0 Å². The van der Waals surface area contributed by atoms with Gasteiger partial charge in [-0.15, -0.1) is 0 Å². The van der Waals surface area contributed by atoms with E-state index < -0.39 is 0 Å². The second kappa shape index (κ2) is 9.62. The molecule has 4 heteroatoms. The van der Waals surface area contributed by atoms with Gasteiger partial charge in [0.05, 0.1) is 33.3 Å². The van der Waals surface area contributed by atoms with Crippen LogP contribution in [0.3, 0.4) is 0 Å². The normalized spacial score (nSPS) is 11.9. The minimum Gasteiger partial charge on any atom is -0.309 e. The largest absolute Gasteiger partial charge is 0.309 e. The summed E-state index contributed by atoms with van der Waals surface area (Å²) in [4.78, 5) is 10.4. The Balaban J connectivity index is 1.31. The van der Waals surface area contributed by atoms with E-state index in [4.69, 9.17) is 9.97 Å². The standard InChI is InChI=1S/C42H26N4/c1-3-13-27(14-4-1)41-33-19-7-10-20-36(33)43-42(44-41)46-38-22-12-9-18-32(38)35-24-28-23-34-31-17-8-11-21-37(31)45(30-15-5-2-6-16-30)39(34)25-29(28)26-40(35)46/h1-26H. The van der Waals surface area contributed by atoms with Crippen LogP contribution in [0.15, 0.2) is 158 Å². The lowest BCUT2D eigenvalue weighted by atomic mass is 10.0. The van der Waals surface area contributed by atoms with Crippen LogP contribution in [-0.2, 0) is 0 Å². The third kappa shape index (κ3) is 3.61. The average Bonchev–Trinajstić information content (AvgIpc) is 3.61. The maximum atomic E-state index is 5.27. The summed E-state index contributed by atoms with van der Waals surface area (Å²) in [6.07, 6.45) is 0. The van der Waals surface area contributed by atoms with E-state index in [1.807, 2.05) is 12.1 Å². The Kier molecular flexibility index (Phi) is 5.25. The first-order valence-electron chi connectivity index (χ1n) is 15.6. The predicted molar refractivity (Wildman–Crippen MR) is 191 cm³/mol. The van der Waals surface area contributed by atoms with Gasteiger partial charge >= 0.3 is 0 Å². The molecule has 3 aromatic heterocycles. The first-order valence-corrected chi connectivity index (χ1v) is 15.6. The van der Waals surface area contributed by atoms with Gasteiger partial charge in [-0.1, -0.05) is 103 Å². The highest BCUT2D eigenvalue weighted by atomic mass is 15.2. The second-order valence-electron chi connectivity index (χ2n) is 11.9. The Morgan fingerprint density at radius 2 is 0.891 bits per heavy atom. The number of aromatic nitrogens is 4. The Hall–Kier alpha value is -6.26. The molecule has 0 saturated heterocycles. The van der Waals surface area contributed by atoms with Crippen LogP contribution in [0.4, 0.5) is 0 Å². The van der Waals surface area contributed by atoms with Crippen molar-refractivity contribution in [2.45, 2.75) is 0 Å². The summed E-state index contributed by atoms with van der Waals surface area (Å²) >= 11 is 0. The van der Waals surface area contributed by atoms with Gasteiger partial charge < -0.3 is 4.57 Å². The molecule has 7 aromatic carbocycles. The summed E-state index contributed by atoms with van der Waals surface area (Å²) < 4.78 is 4.61. The Morgan fingerprint density at radius 3 is 1.59 bits per heavy atom. The highest BCUT2D eigenvalue weighted by Crippen LogP contribution is 2.39. The lowest BCUT2D eigenvalue weighted by Gasteiger charge is -2.12. The van der Waals surface area contributed by atoms with Crippen LogP contribution in [0, 0.1) is 0 Å². The maximum Gasteiger partial charge on any atom is 0.235 e. The quantitative estimate of drug-likeness (QED) is 0.206. The number of para-hydroxylation sites is 4. The fraction of sp³-hybridized carbons (Fsp3) is 0. The van der Waals surface area contributed by atoms with Gasteiger partial charge in [-0.3, -0.25) is 4.57 Å². The molecule has 0 aliphatic carbocycles. The Morgan fingerprint density at radius 1 is 0.370 bits per heavy atom. The Bertz CT molecular complexity index is 2790. The second-order valence-corrected chi connectivity index (χ2v) is 11.9. The average molecular weight is 587 g/mol. The van der Waals surface area contributed by atoms with Crippen molar-refractivity contribution in [3.8, 4) is 22.9 Å². The number of hydrogen-bond donors (Lipinski definition) is 0. The summed E-state index contributed by atoms with van der Waals surface area (Å²) in [6, 6.07) is 56.0. The monoisotopic (exact) mass is 586 g/mol. The van der Waals surface area contributed by atoms with E-state index in [1.54, 1.807) is 0 Å². The predicted octanol–water partition coefficient (Wildman–Crippen LogP) is 10.6. The van der Waals surface area contributed by atoms with Crippen LogP contribution < -0.4 is 0 Å². The molecule has 10 rings (SSSR count). The first kappa shape index (κ1) is 25.1. The zero-order valence-corrected chi connectivity index (χ0v) is 24.8. The van der Waals surface area contributed by atoms with Gasteiger partial charge in [-0.25, -0.2) is 9.97 Å². The van der Waals surface area contributed by atoms with Gasteiger partial charge in [0, 0.05) is 38.2 Å². The molecule has 214 valence electrons. The van der Waals surface area contributed by atoms with Crippen molar-refractivity contribution in [3.63, 3.8) is 0 Å². The van der Waals surface area contributed by atoms with Gasteiger partial charge in [0.2, 0.25) is 5.95 Å². The lowest BCUT2D eigenvalue weighted by molar-refractivity contribution is 1.01. The molecule has 10 aromatic rings. The SMILES string of the molecule is c1ccc(-c2nc(-n3c4ccccc4c4cc5cc6c7ccccc7n(-c7ccccc7)c6cc5cc43)nc3ccccc23)cc1. The molecule has 0 radical (unpaired) electrons. The molecule has 0 fully saturated rings. The van der Waals surface area contributed by atoms with Gasteiger partial charge in [-0.05, 0) is 65.4 Å². The van der Waals surface area contributed by atoms with Crippen molar-refractivity contribution in [1.29, 1.82) is 0 Å². The third-order valence-electron chi connectivity index (χ3n) is 9.27. The summed E-state index contributed by atoms with van der Waals surface area (Å²) in [5, 5.41) is 8.30. The molecule has 0 bridgehead atoms. The molecule has 0 N–H and O–H groups in total. The summed E-state index contributed by atoms with van der Waals surface area (Å²) in [5.74, 6) is 0.669. The number of benzene rings is 7. The molecule has 0 unspecified atom stereocenters. The number of hydrogen-bond acceptors (Lipinski definition) is 2. The number of nitrogens with zero attached hydrogens (tertiary/aromatic N) is 4. The molecule has 3 heterocycles. The van der Waals surface area contributed by atoms with E-state index in [9.17, 15) is 0 Å². The molecule has 0 aliphatic rings. The Labute approximate surface area is 264 Å². The van der Waals surface area contributed by atoms with E-state index in [1.165, 1.54) is 43.4 Å². The topological polar surface area (TPSA) is 35.6 Å². The van der Waals surface area contributed by atoms with Crippen LogP contribution in [-0.4, -0.2) is 19.1 Å². The van der Waals surface area contributed by atoms with Crippen molar-refractivity contribution >= 4 is 65.3 Å². The molecule has 0 aliphatic heterocycles. The van der Waals surface area contributed by atoms with Crippen molar-refractivity contribution in [2.24, 2.45) is 0 Å². The lowest BCUT2D eigenvalue weighted by Crippen LogP contribution is -2.03. The summed E-state index contributed by atoms with van der Waals surface area (Å²) in [7, 11) is 0.